The molecular weight excluding hydrogens is 650 g/mol. The highest BCUT2D eigenvalue weighted by Crippen LogP contribution is 2.42. The number of aromatic nitrogens is 1. The van der Waals surface area contributed by atoms with Crippen molar-refractivity contribution in [3.8, 4) is 5.75 Å². The maximum absolute atomic E-state index is 15.7. The van der Waals surface area contributed by atoms with Crippen molar-refractivity contribution in [2.24, 2.45) is 5.92 Å². The van der Waals surface area contributed by atoms with Gasteiger partial charge in [-0.05, 0) is 70.5 Å². The number of rotatable bonds is 10. The van der Waals surface area contributed by atoms with Gasteiger partial charge < -0.3 is 28.1 Å². The van der Waals surface area contributed by atoms with Crippen molar-refractivity contribution in [3.05, 3.63) is 75.6 Å². The molecule has 0 bridgehead atoms. The second kappa shape index (κ2) is 13.9. The van der Waals surface area contributed by atoms with Gasteiger partial charge in [0.15, 0.2) is 21.3 Å². The van der Waals surface area contributed by atoms with Crippen LogP contribution >= 0.6 is 0 Å². The van der Waals surface area contributed by atoms with Crippen LogP contribution in [0, 0.1) is 17.6 Å². The van der Waals surface area contributed by atoms with Crippen molar-refractivity contribution in [1.29, 1.82) is 0 Å². The fraction of sp³-hybridized carbons (Fsp3) is 0.541. The minimum atomic E-state index is -1.29. The number of nitrogens with zero attached hydrogens (tertiary/aromatic N) is 2. The second-order valence-electron chi connectivity index (χ2n) is 16.0. The number of amides is 1. The van der Waals surface area contributed by atoms with E-state index in [0.717, 1.165) is 24.5 Å². The Morgan fingerprint density at radius 3 is 2.29 bits per heavy atom. The fourth-order valence-electron chi connectivity index (χ4n) is 5.97. The van der Waals surface area contributed by atoms with Gasteiger partial charge in [0.25, 0.3) is 0 Å². The Morgan fingerprint density at radius 1 is 1.00 bits per heavy atom. The van der Waals surface area contributed by atoms with Gasteiger partial charge in [-0.25, -0.2) is 14.0 Å². The third-order valence-corrected chi connectivity index (χ3v) is 10.6. The first-order chi connectivity index (χ1) is 22.8. The monoisotopic (exact) mass is 698 g/mol. The molecule has 0 radical (unpaired) electrons. The van der Waals surface area contributed by atoms with E-state index in [1.807, 2.05) is 19.9 Å². The van der Waals surface area contributed by atoms with Crippen LogP contribution in [-0.2, 0) is 20.5 Å². The lowest BCUT2D eigenvalue weighted by Crippen LogP contribution is -2.43. The number of fused-ring (bicyclic) bond motifs is 1. The smallest absolute Gasteiger partial charge is 0.410 e. The molecule has 266 valence electrons. The quantitative estimate of drug-likeness (QED) is 0.165. The SMILES string of the molecule is CC(C)(C)OC(=O)N1C[C@@H](C(C)(C)O[SiH2]C(C)(C)C)C[C@H]1COc1c(F)c(F)cc2c(=O)c(C(=O)OCc3ccccc3)cn(C3CC3)c12. The number of hydrogen-bond acceptors (Lipinski definition) is 7. The van der Waals surface area contributed by atoms with E-state index in [-0.39, 0.29) is 46.7 Å². The maximum Gasteiger partial charge on any atom is 0.410 e. The van der Waals surface area contributed by atoms with Crippen LogP contribution in [0.25, 0.3) is 10.9 Å². The summed E-state index contributed by atoms with van der Waals surface area (Å²) in [5, 5.41) is -0.125. The van der Waals surface area contributed by atoms with Gasteiger partial charge >= 0.3 is 12.1 Å². The molecule has 1 aromatic heterocycles. The zero-order chi connectivity index (χ0) is 35.9. The predicted molar refractivity (Wildman–Crippen MR) is 186 cm³/mol. The molecule has 2 heterocycles. The molecule has 49 heavy (non-hydrogen) atoms. The normalized spacial score (nSPS) is 18.8. The molecule has 0 unspecified atom stereocenters. The molecule has 3 aromatic rings. The number of halogens is 2. The topological polar surface area (TPSA) is 96.3 Å². The van der Waals surface area contributed by atoms with E-state index in [2.05, 4.69) is 20.8 Å². The number of hydrogen-bond donors (Lipinski definition) is 0. The van der Waals surface area contributed by atoms with Gasteiger partial charge in [-0.2, -0.15) is 4.39 Å². The first kappa shape index (κ1) is 36.5. The van der Waals surface area contributed by atoms with E-state index in [1.54, 1.807) is 54.5 Å². The molecule has 0 N–H and O–H groups in total. The van der Waals surface area contributed by atoms with Crippen molar-refractivity contribution >= 4 is 32.7 Å². The van der Waals surface area contributed by atoms with Crippen LogP contribution in [0.15, 0.2) is 47.4 Å². The Hall–Kier alpha value is -3.77. The van der Waals surface area contributed by atoms with E-state index in [4.69, 9.17) is 18.6 Å². The first-order valence-electron chi connectivity index (χ1n) is 16.9. The van der Waals surface area contributed by atoms with Crippen molar-refractivity contribution in [3.63, 3.8) is 0 Å². The lowest BCUT2D eigenvalue weighted by molar-refractivity contribution is 0.0145. The van der Waals surface area contributed by atoms with Gasteiger partial charge in [0.1, 0.15) is 24.4 Å². The Kier molecular flexibility index (Phi) is 10.3. The third-order valence-electron chi connectivity index (χ3n) is 8.86. The minimum Gasteiger partial charge on any atom is -0.486 e. The van der Waals surface area contributed by atoms with Crippen molar-refractivity contribution in [1.82, 2.24) is 9.47 Å². The minimum absolute atomic E-state index is 0.0521. The van der Waals surface area contributed by atoms with Crippen LogP contribution in [0.1, 0.15) is 96.6 Å². The first-order valence-corrected chi connectivity index (χ1v) is 18.2. The van der Waals surface area contributed by atoms with E-state index in [9.17, 15) is 14.4 Å². The highest BCUT2D eigenvalue weighted by molar-refractivity contribution is 6.31. The Labute approximate surface area is 288 Å². The van der Waals surface area contributed by atoms with Gasteiger partial charge in [0, 0.05) is 24.7 Å². The molecule has 1 saturated carbocycles. The lowest BCUT2D eigenvalue weighted by atomic mass is 9.89. The van der Waals surface area contributed by atoms with Crippen LogP contribution in [0.2, 0.25) is 5.04 Å². The molecule has 0 spiro atoms. The van der Waals surface area contributed by atoms with Gasteiger partial charge in [0.05, 0.1) is 22.5 Å². The highest BCUT2D eigenvalue weighted by atomic mass is 28.2. The van der Waals surface area contributed by atoms with Gasteiger partial charge in [-0.3, -0.25) is 4.79 Å². The van der Waals surface area contributed by atoms with E-state index in [1.165, 1.54) is 6.20 Å². The number of carbonyl (C=O) groups excluding carboxylic acids is 2. The zero-order valence-corrected chi connectivity index (χ0v) is 31.1. The van der Waals surface area contributed by atoms with Gasteiger partial charge in [-0.15, -0.1) is 0 Å². The summed E-state index contributed by atoms with van der Waals surface area (Å²) in [6.45, 7) is 15.9. The van der Waals surface area contributed by atoms with Crippen LogP contribution in [-0.4, -0.2) is 61.7 Å². The van der Waals surface area contributed by atoms with Crippen LogP contribution in [0.4, 0.5) is 13.6 Å². The molecule has 1 amide bonds. The number of carbonyl (C=O) groups is 2. The van der Waals surface area contributed by atoms with Crippen molar-refractivity contribution in [2.75, 3.05) is 13.2 Å². The Balaban J connectivity index is 1.47. The molecule has 1 saturated heterocycles. The maximum atomic E-state index is 15.7. The van der Waals surface area contributed by atoms with Crippen LogP contribution in [0.5, 0.6) is 5.75 Å². The molecule has 5 rings (SSSR count). The Bertz CT molecular complexity index is 1760. The summed E-state index contributed by atoms with van der Waals surface area (Å²) in [7, 11) is -0.915. The molecule has 1 aliphatic heterocycles. The van der Waals surface area contributed by atoms with Crippen LogP contribution in [0.3, 0.4) is 0 Å². The molecule has 2 fully saturated rings. The number of benzene rings is 2. The molecule has 1 aliphatic carbocycles. The highest BCUT2D eigenvalue weighted by Gasteiger charge is 2.45. The standard InChI is InChI=1S/C37H48F2N2O7Si/c1-35(2,3)47-34(44)41-18-23(37(7,8)48-49-36(4,5)6)16-25(41)21-45-32-29(39)28(38)17-26-30(32)40(24-14-15-24)19-27(31(26)42)33(43)46-20-22-12-10-9-11-13-22/h9-13,17,19,23-25H,14-16,18,20-21,49H2,1-8H3/t23-,25-/m0/s1. The number of likely N-dealkylation sites (tertiary alicyclic amines) is 1. The number of ether oxygens (including phenoxy) is 3. The summed E-state index contributed by atoms with van der Waals surface area (Å²) < 4.78 is 56.3. The molecular formula is C37H48F2N2O7Si. The number of pyridine rings is 1. The average molecular weight is 699 g/mol. The van der Waals surface area contributed by atoms with Gasteiger partial charge in [0.2, 0.25) is 11.2 Å². The average Bonchev–Trinajstić information content (AvgIpc) is 3.76. The van der Waals surface area contributed by atoms with Crippen molar-refractivity contribution in [2.45, 2.75) is 110 Å². The van der Waals surface area contributed by atoms with Crippen LogP contribution < -0.4 is 10.2 Å². The summed E-state index contributed by atoms with van der Waals surface area (Å²) in [4.78, 5) is 41.8. The molecule has 2 aliphatic rings. The molecule has 9 nitrogen and oxygen atoms in total. The number of esters is 1. The largest absolute Gasteiger partial charge is 0.486 e. The van der Waals surface area contributed by atoms with E-state index >= 15 is 8.78 Å². The molecule has 12 heteroatoms. The second-order valence-corrected chi connectivity index (χ2v) is 18.7. The summed E-state index contributed by atoms with van der Waals surface area (Å²) in [5.41, 5.74) is -1.57. The summed E-state index contributed by atoms with van der Waals surface area (Å²) in [5.74, 6) is -3.91. The fourth-order valence-corrected chi connectivity index (χ4v) is 7.01. The van der Waals surface area contributed by atoms with Crippen molar-refractivity contribution < 1.29 is 37.0 Å². The third kappa shape index (κ3) is 8.70. The zero-order valence-electron chi connectivity index (χ0n) is 29.7. The lowest BCUT2D eigenvalue weighted by Gasteiger charge is -2.35. The van der Waals surface area contributed by atoms with E-state index in [0.29, 0.717) is 13.0 Å². The van der Waals surface area contributed by atoms with Gasteiger partial charge in [-0.1, -0.05) is 51.1 Å². The molecule has 2 aromatic carbocycles. The Morgan fingerprint density at radius 2 is 1.67 bits per heavy atom. The van der Waals surface area contributed by atoms with E-state index < -0.39 is 61.9 Å². The summed E-state index contributed by atoms with van der Waals surface area (Å²) in [6.07, 6.45) is 2.74. The molecule has 2 atom stereocenters. The summed E-state index contributed by atoms with van der Waals surface area (Å²) >= 11 is 0. The summed E-state index contributed by atoms with van der Waals surface area (Å²) in [6, 6.07) is 9.14. The predicted octanol–water partition coefficient (Wildman–Crippen LogP) is 7.07.